The largest absolute Gasteiger partial charge is 0.379 e. The molecule has 0 aliphatic carbocycles. The third-order valence-corrected chi connectivity index (χ3v) is 16.4. The Bertz CT molecular complexity index is 1720. The predicted octanol–water partition coefficient (Wildman–Crippen LogP) is 11.6. The monoisotopic (exact) mass is 1160 g/mol. The van der Waals surface area contributed by atoms with E-state index in [0.717, 1.165) is 0 Å². The maximum Gasteiger partial charge on any atom is 0.187 e. The van der Waals surface area contributed by atoms with Crippen molar-refractivity contribution >= 4 is 0 Å². The van der Waals surface area contributed by atoms with Crippen LogP contribution in [-0.4, -0.2) is 183 Å². The molecule has 0 saturated carbocycles. The Morgan fingerprint density at radius 1 is 0.420 bits per heavy atom. The fourth-order valence-electron chi connectivity index (χ4n) is 11.9. The van der Waals surface area contributed by atoms with E-state index in [4.69, 9.17) is 75.8 Å². The van der Waals surface area contributed by atoms with Crippen LogP contribution < -0.4 is 0 Å². The second-order valence-corrected chi connectivity index (χ2v) is 28.6. The lowest BCUT2D eigenvalue weighted by Crippen LogP contribution is -2.69. The first kappa shape index (κ1) is 71.1. The summed E-state index contributed by atoms with van der Waals surface area (Å²) in [6.07, 6.45) is -7.68. The summed E-state index contributed by atoms with van der Waals surface area (Å²) in [7, 11) is 0. The van der Waals surface area contributed by atoms with Gasteiger partial charge in [-0.2, -0.15) is 0 Å². The van der Waals surface area contributed by atoms with Crippen molar-refractivity contribution in [3.05, 3.63) is 0 Å². The van der Waals surface area contributed by atoms with Crippen LogP contribution in [0.15, 0.2) is 0 Å². The Labute approximate surface area is 493 Å². The van der Waals surface area contributed by atoms with Gasteiger partial charge < -0.3 is 75.8 Å². The van der Waals surface area contributed by atoms with Gasteiger partial charge in [0.05, 0.1) is 43.7 Å². The Kier molecular flexibility index (Phi) is 29.5. The van der Waals surface area contributed by atoms with E-state index in [1.165, 1.54) is 0 Å². The Balaban J connectivity index is 1.67. The summed E-state index contributed by atoms with van der Waals surface area (Å²) < 4.78 is 113. The Hall–Kier alpha value is -0.640. The van der Waals surface area contributed by atoms with Crippen LogP contribution in [0, 0.1) is 65.1 Å². The van der Waals surface area contributed by atoms with Crippen molar-refractivity contribution in [2.45, 2.75) is 275 Å². The second kappa shape index (κ2) is 33.6. The molecule has 0 N–H and O–H groups in total. The van der Waals surface area contributed by atoms with E-state index in [9.17, 15) is 0 Å². The van der Waals surface area contributed by atoms with Gasteiger partial charge in [0.15, 0.2) is 18.9 Å². The maximum atomic E-state index is 7.82. The van der Waals surface area contributed by atoms with Crippen molar-refractivity contribution in [3.63, 3.8) is 0 Å². The van der Waals surface area contributed by atoms with E-state index >= 15 is 0 Å². The summed E-state index contributed by atoms with van der Waals surface area (Å²) in [4.78, 5) is 0. The zero-order valence-electron chi connectivity index (χ0n) is 55.1. The molecule has 81 heavy (non-hydrogen) atoms. The molecular formula is C65H122O16. The second-order valence-electron chi connectivity index (χ2n) is 28.6. The number of ether oxygens (including phenoxy) is 16. The van der Waals surface area contributed by atoms with Crippen molar-refractivity contribution in [2.24, 2.45) is 65.1 Å². The minimum atomic E-state index is -1.05. The molecule has 0 aromatic rings. The Morgan fingerprint density at radius 2 is 0.864 bits per heavy atom. The van der Waals surface area contributed by atoms with Gasteiger partial charge in [0, 0.05) is 59.3 Å². The maximum absolute atomic E-state index is 7.82. The zero-order valence-corrected chi connectivity index (χ0v) is 55.1. The van der Waals surface area contributed by atoms with Gasteiger partial charge in [0.2, 0.25) is 0 Å². The van der Waals surface area contributed by atoms with E-state index in [0.29, 0.717) is 98.5 Å². The fraction of sp³-hybridized carbons (Fsp3) is 1.00. The molecule has 0 spiro atoms. The highest BCUT2D eigenvalue weighted by Crippen LogP contribution is 2.47. The molecule has 0 amide bonds. The van der Waals surface area contributed by atoms with Crippen molar-refractivity contribution in [1.29, 1.82) is 0 Å². The van der Waals surface area contributed by atoms with Gasteiger partial charge >= 0.3 is 0 Å². The highest BCUT2D eigenvalue weighted by atomic mass is 16.8. The average molecular weight is 1160 g/mol. The summed E-state index contributed by atoms with van der Waals surface area (Å²) in [5.74, 6) is 2.34. The first-order chi connectivity index (χ1) is 38.2. The van der Waals surface area contributed by atoms with Crippen LogP contribution >= 0.6 is 0 Å². The average Bonchev–Trinajstić information content (AvgIpc) is 3.77. The summed E-state index contributed by atoms with van der Waals surface area (Å²) in [6.45, 7) is 53.4. The van der Waals surface area contributed by atoms with E-state index in [1.54, 1.807) is 0 Å². The van der Waals surface area contributed by atoms with Gasteiger partial charge in [-0.05, 0) is 106 Å². The molecule has 5 heterocycles. The molecule has 5 aliphatic heterocycles. The molecule has 21 atom stereocenters. The summed E-state index contributed by atoms with van der Waals surface area (Å²) in [5.41, 5.74) is -1.91. The smallest absolute Gasteiger partial charge is 0.187 e. The highest BCUT2D eigenvalue weighted by molar-refractivity contribution is 5.06. The van der Waals surface area contributed by atoms with Gasteiger partial charge in [-0.25, -0.2) is 0 Å². The molecule has 0 aromatic heterocycles. The third kappa shape index (κ3) is 21.0. The SMILES string of the molecule is CCOC[C@H]1O[C@H](O[C@]2(C)C[C@H](C)[C@@H](C)CO[C@H]3[C@H](OCC(C)C)[C@H]4OC[C@@H](C)[C@H](C)CC(C)([C@H]5OC(OCC(C)C)[C@H](OCC)[C@@H](OCC(C)C)[C@@H]5OCC(C)C)O[C@H]4O[C@@H]3C2)[C@H](OCC(C)C)[C@@H](OCC(C)C)[C@@H]1OCC(C)C. The van der Waals surface area contributed by atoms with Crippen LogP contribution in [0.2, 0.25) is 0 Å². The molecule has 0 aromatic carbocycles. The molecule has 16 nitrogen and oxygen atoms in total. The number of hydrogen-bond acceptors (Lipinski definition) is 16. The number of rotatable bonds is 29. The van der Waals surface area contributed by atoms with Gasteiger partial charge in [-0.3, -0.25) is 0 Å². The molecule has 5 aliphatic rings. The lowest BCUT2D eigenvalue weighted by Gasteiger charge is -2.54. The van der Waals surface area contributed by atoms with Gasteiger partial charge in [-0.1, -0.05) is 125 Å². The Morgan fingerprint density at radius 3 is 1.38 bits per heavy atom. The van der Waals surface area contributed by atoms with Crippen molar-refractivity contribution < 1.29 is 75.8 Å². The van der Waals surface area contributed by atoms with Crippen LogP contribution in [0.1, 0.15) is 172 Å². The quantitative estimate of drug-likeness (QED) is 0.0699. The number of hydrogen-bond donors (Lipinski definition) is 0. The minimum Gasteiger partial charge on any atom is -0.379 e. The van der Waals surface area contributed by atoms with E-state index < -0.39 is 103 Å². The van der Waals surface area contributed by atoms with Gasteiger partial charge in [0.1, 0.15) is 67.1 Å². The summed E-state index contributed by atoms with van der Waals surface area (Å²) in [6, 6.07) is 0. The summed E-state index contributed by atoms with van der Waals surface area (Å²) in [5, 5.41) is 0. The molecule has 5 rings (SSSR count). The predicted molar refractivity (Wildman–Crippen MR) is 315 cm³/mol. The molecule has 16 heteroatoms. The molecule has 5 fully saturated rings. The fourth-order valence-corrected chi connectivity index (χ4v) is 11.9. The van der Waals surface area contributed by atoms with Crippen LogP contribution in [0.5, 0.6) is 0 Å². The lowest BCUT2D eigenvalue weighted by atomic mass is 9.78. The van der Waals surface area contributed by atoms with Crippen LogP contribution in [-0.2, 0) is 75.8 Å². The first-order valence-corrected chi connectivity index (χ1v) is 32.2. The summed E-state index contributed by atoms with van der Waals surface area (Å²) >= 11 is 0. The molecule has 0 radical (unpaired) electrons. The standard InChI is InChI=1S/C65H122O16/c1-23-66-37-50-52(68-28-38(3)4)54(70-30-40(7)8)58(73-33-43(13)14)62(78-50)80-64(21)25-45(17)47(19)35-74-51-49(27-64)77-63-59(53(51)69-29-39(5)6)75-36-48(20)46(18)26-65(22,81-63)60-56(72-32-42(11)12)55(71-31-41(9)10)57(67-24-2)61(79-60)76-34-44(15)16/h38-63H,23-37H2,1-22H3/t45-,46+,47-,48+,49+,50+,51+,52+,53-,54-,55-,56-,57+,58+,59+,60-,61?,62+,63+,64+,65?/m0/s1. The van der Waals surface area contributed by atoms with Crippen LogP contribution in [0.25, 0.3) is 0 Å². The molecule has 0 bridgehead atoms. The lowest BCUT2D eigenvalue weighted by molar-refractivity contribution is -0.384. The first-order valence-electron chi connectivity index (χ1n) is 32.2. The third-order valence-electron chi connectivity index (χ3n) is 16.4. The minimum absolute atomic E-state index is 0.123. The van der Waals surface area contributed by atoms with Crippen molar-refractivity contribution in [2.75, 3.05) is 79.3 Å². The van der Waals surface area contributed by atoms with Crippen molar-refractivity contribution in [1.82, 2.24) is 0 Å². The van der Waals surface area contributed by atoms with Gasteiger partial charge in [0.25, 0.3) is 0 Å². The molecule has 478 valence electrons. The molecule has 2 unspecified atom stereocenters. The zero-order chi connectivity index (χ0) is 59.9. The van der Waals surface area contributed by atoms with Crippen LogP contribution in [0.3, 0.4) is 0 Å². The topological polar surface area (TPSA) is 148 Å². The highest BCUT2D eigenvalue weighted by Gasteiger charge is 2.61. The van der Waals surface area contributed by atoms with E-state index in [-0.39, 0.29) is 65.1 Å². The molecule has 5 saturated heterocycles. The van der Waals surface area contributed by atoms with E-state index in [1.807, 2.05) is 13.8 Å². The van der Waals surface area contributed by atoms with Crippen LogP contribution in [0.4, 0.5) is 0 Å². The van der Waals surface area contributed by atoms with Gasteiger partial charge in [-0.15, -0.1) is 0 Å². The normalized spacial score (nSPS) is 39.4. The number of fused-ring (bicyclic) bond motifs is 2. The molecular weight excluding hydrogens is 1040 g/mol. The van der Waals surface area contributed by atoms with E-state index in [2.05, 4.69) is 138 Å². The van der Waals surface area contributed by atoms with Crippen molar-refractivity contribution in [3.8, 4) is 0 Å².